The molecule has 0 aliphatic rings. The van der Waals surface area contributed by atoms with Crippen molar-refractivity contribution in [2.45, 2.75) is 0 Å². The van der Waals surface area contributed by atoms with Gasteiger partial charge in [-0.2, -0.15) is 0 Å². The fourth-order valence-corrected chi connectivity index (χ4v) is 7.11. The Hall–Kier alpha value is -6.38. The fourth-order valence-electron chi connectivity index (χ4n) is 7.11. The zero-order chi connectivity index (χ0) is 31.9. The van der Waals surface area contributed by atoms with Gasteiger partial charge in [0, 0.05) is 27.6 Å². The number of fused-ring (bicyclic) bond motifs is 4. The van der Waals surface area contributed by atoms with E-state index in [0.29, 0.717) is 0 Å². The van der Waals surface area contributed by atoms with Crippen molar-refractivity contribution >= 4 is 49.8 Å². The predicted molar refractivity (Wildman–Crippen MR) is 202 cm³/mol. The van der Waals surface area contributed by atoms with Crippen LogP contribution in [0.2, 0.25) is 0 Å². The molecule has 2 nitrogen and oxygen atoms in total. The standard InChI is InChI=1S/C46H31NO/c1-3-15-32(16-4-1)36-21-7-10-26-42(36)47(35-29-30-45-41(31-35)39-23-9-12-28-44(39)48-45)43-27-11-8-22-38(43)40-25-14-20-34-19-13-24-37(46(34)40)33-17-5-2-6-18-33/h1-31H. The quantitative estimate of drug-likeness (QED) is 0.185. The molecule has 1 aromatic heterocycles. The summed E-state index contributed by atoms with van der Waals surface area (Å²) in [5.41, 5.74) is 12.2. The van der Waals surface area contributed by atoms with E-state index in [1.54, 1.807) is 0 Å². The third-order valence-corrected chi connectivity index (χ3v) is 9.27. The fraction of sp³-hybridized carbons (Fsp3) is 0. The summed E-state index contributed by atoms with van der Waals surface area (Å²) in [4.78, 5) is 2.42. The van der Waals surface area contributed by atoms with Crippen molar-refractivity contribution in [2.24, 2.45) is 0 Å². The van der Waals surface area contributed by atoms with E-state index in [1.807, 2.05) is 12.1 Å². The highest BCUT2D eigenvalue weighted by molar-refractivity contribution is 6.10. The Kier molecular flexibility index (Phi) is 6.84. The predicted octanol–water partition coefficient (Wildman–Crippen LogP) is 13.2. The molecule has 0 saturated heterocycles. The zero-order valence-corrected chi connectivity index (χ0v) is 26.3. The molecular formula is C46H31NO. The highest BCUT2D eigenvalue weighted by Gasteiger charge is 2.22. The lowest BCUT2D eigenvalue weighted by atomic mass is 9.90. The summed E-state index contributed by atoms with van der Waals surface area (Å²) in [5.74, 6) is 0. The van der Waals surface area contributed by atoms with Crippen molar-refractivity contribution in [1.82, 2.24) is 0 Å². The minimum atomic E-state index is 0.881. The van der Waals surface area contributed by atoms with Crippen LogP contribution in [0, 0.1) is 0 Å². The van der Waals surface area contributed by atoms with Crippen LogP contribution >= 0.6 is 0 Å². The highest BCUT2D eigenvalue weighted by Crippen LogP contribution is 2.47. The molecule has 48 heavy (non-hydrogen) atoms. The molecule has 0 aliphatic carbocycles. The van der Waals surface area contributed by atoms with Crippen LogP contribution < -0.4 is 4.90 Å². The van der Waals surface area contributed by atoms with Gasteiger partial charge in [0.2, 0.25) is 0 Å². The molecule has 226 valence electrons. The van der Waals surface area contributed by atoms with Gasteiger partial charge >= 0.3 is 0 Å². The van der Waals surface area contributed by atoms with E-state index in [-0.39, 0.29) is 0 Å². The molecule has 0 radical (unpaired) electrons. The average molecular weight is 614 g/mol. The number of benzene rings is 8. The number of nitrogens with zero attached hydrogens (tertiary/aromatic N) is 1. The molecular weight excluding hydrogens is 583 g/mol. The molecule has 0 bridgehead atoms. The first-order valence-electron chi connectivity index (χ1n) is 16.4. The molecule has 8 aromatic carbocycles. The number of furan rings is 1. The van der Waals surface area contributed by atoms with Gasteiger partial charge in [-0.15, -0.1) is 0 Å². The van der Waals surface area contributed by atoms with Crippen molar-refractivity contribution < 1.29 is 4.42 Å². The molecule has 0 unspecified atom stereocenters. The Morgan fingerprint density at radius 2 is 0.896 bits per heavy atom. The van der Waals surface area contributed by atoms with E-state index in [9.17, 15) is 0 Å². The second-order valence-corrected chi connectivity index (χ2v) is 12.1. The minimum Gasteiger partial charge on any atom is -0.456 e. The summed E-state index contributed by atoms with van der Waals surface area (Å²) in [5, 5.41) is 4.66. The Morgan fingerprint density at radius 3 is 1.65 bits per heavy atom. The van der Waals surface area contributed by atoms with Crippen molar-refractivity contribution in [3.8, 4) is 33.4 Å². The van der Waals surface area contributed by atoms with E-state index < -0.39 is 0 Å². The summed E-state index contributed by atoms with van der Waals surface area (Å²) in [6.07, 6.45) is 0. The second kappa shape index (κ2) is 11.8. The van der Waals surface area contributed by atoms with Crippen LogP contribution in [0.15, 0.2) is 192 Å². The second-order valence-electron chi connectivity index (χ2n) is 12.1. The maximum Gasteiger partial charge on any atom is 0.135 e. The van der Waals surface area contributed by atoms with Gasteiger partial charge in [-0.05, 0) is 69.4 Å². The molecule has 0 atom stereocenters. The van der Waals surface area contributed by atoms with Crippen molar-refractivity contribution in [3.63, 3.8) is 0 Å². The minimum absolute atomic E-state index is 0.881. The smallest absolute Gasteiger partial charge is 0.135 e. The number of anilines is 3. The van der Waals surface area contributed by atoms with Gasteiger partial charge in [-0.25, -0.2) is 0 Å². The molecule has 1 heterocycles. The van der Waals surface area contributed by atoms with Crippen molar-refractivity contribution in [3.05, 3.63) is 188 Å². The topological polar surface area (TPSA) is 16.4 Å². The molecule has 0 N–H and O–H groups in total. The molecule has 0 amide bonds. The maximum absolute atomic E-state index is 6.27. The van der Waals surface area contributed by atoms with Crippen LogP contribution in [0.4, 0.5) is 17.1 Å². The summed E-state index contributed by atoms with van der Waals surface area (Å²) in [7, 11) is 0. The van der Waals surface area contributed by atoms with Crippen LogP contribution in [0.3, 0.4) is 0 Å². The third-order valence-electron chi connectivity index (χ3n) is 9.27. The average Bonchev–Trinajstić information content (AvgIpc) is 3.54. The van der Waals surface area contributed by atoms with Crippen LogP contribution in [-0.4, -0.2) is 0 Å². The molecule has 0 spiro atoms. The summed E-state index contributed by atoms with van der Waals surface area (Å²) in [6.45, 7) is 0. The number of hydrogen-bond donors (Lipinski definition) is 0. The Labute approximate surface area is 279 Å². The van der Waals surface area contributed by atoms with Crippen LogP contribution in [-0.2, 0) is 0 Å². The highest BCUT2D eigenvalue weighted by atomic mass is 16.3. The first-order chi connectivity index (χ1) is 23.8. The first kappa shape index (κ1) is 27.9. The molecule has 0 aliphatic heterocycles. The van der Waals surface area contributed by atoms with Gasteiger partial charge in [0.25, 0.3) is 0 Å². The Balaban J connectivity index is 1.34. The largest absolute Gasteiger partial charge is 0.456 e. The number of rotatable bonds is 6. The van der Waals surface area contributed by atoms with Gasteiger partial charge in [0.1, 0.15) is 11.2 Å². The first-order valence-corrected chi connectivity index (χ1v) is 16.4. The van der Waals surface area contributed by atoms with Crippen LogP contribution in [0.25, 0.3) is 66.1 Å². The van der Waals surface area contributed by atoms with Crippen molar-refractivity contribution in [1.29, 1.82) is 0 Å². The van der Waals surface area contributed by atoms with Gasteiger partial charge < -0.3 is 9.32 Å². The summed E-state index contributed by atoms with van der Waals surface area (Å²) < 4.78 is 6.27. The zero-order valence-electron chi connectivity index (χ0n) is 26.3. The van der Waals surface area contributed by atoms with Crippen LogP contribution in [0.5, 0.6) is 0 Å². The molecule has 9 rings (SSSR count). The maximum atomic E-state index is 6.27. The molecule has 9 aromatic rings. The van der Waals surface area contributed by atoms with Crippen molar-refractivity contribution in [2.75, 3.05) is 4.90 Å². The van der Waals surface area contributed by atoms with Gasteiger partial charge in [-0.1, -0.05) is 152 Å². The Bertz CT molecular complexity index is 2560. The van der Waals surface area contributed by atoms with E-state index >= 15 is 0 Å². The number of para-hydroxylation sites is 3. The third kappa shape index (κ3) is 4.74. The van der Waals surface area contributed by atoms with E-state index in [4.69, 9.17) is 4.42 Å². The lowest BCUT2D eigenvalue weighted by Gasteiger charge is -2.30. The monoisotopic (exact) mass is 613 g/mol. The summed E-state index contributed by atoms with van der Waals surface area (Å²) in [6, 6.07) is 67.0. The normalized spacial score (nSPS) is 11.3. The molecule has 2 heteroatoms. The SMILES string of the molecule is c1ccc(-c2ccccc2N(c2ccc3oc4ccccc4c3c2)c2ccccc2-c2cccc3cccc(-c4ccccc4)c23)cc1. The molecule has 0 saturated carbocycles. The van der Waals surface area contributed by atoms with Gasteiger partial charge in [0.05, 0.1) is 11.4 Å². The van der Waals surface area contributed by atoms with E-state index in [0.717, 1.165) is 50.1 Å². The number of hydrogen-bond acceptors (Lipinski definition) is 2. The lowest BCUT2D eigenvalue weighted by molar-refractivity contribution is 0.669. The van der Waals surface area contributed by atoms with Gasteiger partial charge in [0.15, 0.2) is 0 Å². The van der Waals surface area contributed by atoms with E-state index in [2.05, 4.69) is 181 Å². The van der Waals surface area contributed by atoms with Gasteiger partial charge in [-0.3, -0.25) is 0 Å². The van der Waals surface area contributed by atoms with E-state index in [1.165, 1.54) is 33.0 Å². The molecule has 0 fully saturated rings. The lowest BCUT2D eigenvalue weighted by Crippen LogP contribution is -2.12. The van der Waals surface area contributed by atoms with Crippen LogP contribution in [0.1, 0.15) is 0 Å². The summed E-state index contributed by atoms with van der Waals surface area (Å²) >= 11 is 0. The Morgan fingerprint density at radius 1 is 0.354 bits per heavy atom.